The maximum Gasteiger partial charge on any atom is 0.336 e. The Hall–Kier alpha value is -5.57. The number of aliphatic hydroxyl groups is 4. The van der Waals surface area contributed by atoms with Crippen molar-refractivity contribution >= 4 is 29.7 Å². The SMILES string of the molecule is O=C(C=C(O)c1ccc(O)c(O)c1)OC1C(Cc2ccccc2)C(O)(C(=O)O)CC(O)C1(CO)OC(=O)C=Cc1ccc(O)c(O)c1. The molecule has 1 fully saturated rings. The van der Waals surface area contributed by atoms with Gasteiger partial charge in [-0.2, -0.15) is 0 Å². The van der Waals surface area contributed by atoms with Crippen LogP contribution in [0.2, 0.25) is 0 Å². The van der Waals surface area contributed by atoms with E-state index in [9.17, 15) is 60.3 Å². The number of ether oxygens (including phenoxy) is 2. The van der Waals surface area contributed by atoms with Crippen molar-refractivity contribution in [3.63, 3.8) is 0 Å². The number of aromatic hydroxyl groups is 4. The Morgan fingerprint density at radius 3 is 2.09 bits per heavy atom. The highest BCUT2D eigenvalue weighted by molar-refractivity contribution is 5.90. The van der Waals surface area contributed by atoms with Gasteiger partial charge in [0.25, 0.3) is 0 Å². The second-order valence-corrected chi connectivity index (χ2v) is 11.0. The lowest BCUT2D eigenvalue weighted by atomic mass is 9.63. The Bertz CT molecular complexity index is 1700. The number of aliphatic carboxylic acids is 1. The van der Waals surface area contributed by atoms with Crippen molar-refractivity contribution in [3.05, 3.63) is 95.6 Å². The molecule has 14 heteroatoms. The van der Waals surface area contributed by atoms with Crippen LogP contribution < -0.4 is 0 Å². The molecule has 0 amide bonds. The largest absolute Gasteiger partial charge is 0.507 e. The van der Waals surface area contributed by atoms with Crippen molar-refractivity contribution in [3.8, 4) is 23.0 Å². The molecule has 0 aliphatic heterocycles. The Labute approximate surface area is 266 Å². The Kier molecular flexibility index (Phi) is 10.1. The number of benzene rings is 3. The van der Waals surface area contributed by atoms with Crippen LogP contribution in [-0.4, -0.2) is 93.9 Å². The summed E-state index contributed by atoms with van der Waals surface area (Å²) in [7, 11) is 0. The van der Waals surface area contributed by atoms with Gasteiger partial charge in [0.05, 0.1) is 12.7 Å². The van der Waals surface area contributed by atoms with Crippen LogP contribution in [-0.2, 0) is 30.3 Å². The molecule has 1 aliphatic carbocycles. The zero-order valence-corrected chi connectivity index (χ0v) is 24.5. The third kappa shape index (κ3) is 7.30. The molecule has 0 radical (unpaired) electrons. The van der Waals surface area contributed by atoms with Crippen molar-refractivity contribution in [2.45, 2.75) is 36.3 Å². The van der Waals surface area contributed by atoms with Crippen LogP contribution in [0.4, 0.5) is 0 Å². The molecule has 9 N–H and O–H groups in total. The number of rotatable bonds is 10. The number of carboxylic acid groups (broad SMARTS) is 1. The van der Waals surface area contributed by atoms with Crippen molar-refractivity contribution in [2.75, 3.05) is 6.61 Å². The first-order valence-electron chi connectivity index (χ1n) is 14.1. The van der Waals surface area contributed by atoms with Crippen molar-refractivity contribution in [1.82, 2.24) is 0 Å². The van der Waals surface area contributed by atoms with Gasteiger partial charge in [0.2, 0.25) is 0 Å². The summed E-state index contributed by atoms with van der Waals surface area (Å²) in [4.78, 5) is 38.8. The minimum absolute atomic E-state index is 0.144. The highest BCUT2D eigenvalue weighted by Gasteiger charge is 2.66. The standard InChI is InChI=1S/C33H32O14/c34-17-33(47-28(41)11-7-19-6-9-22(35)25(38)13-19)27(40)16-32(45,31(43)44)21(12-18-4-2-1-3-5-18)30(33)46-29(42)15-24(37)20-8-10-23(36)26(39)14-20/h1-11,13-15,21,27,30,34-40,45H,12,16-17H2,(H,43,44). The van der Waals surface area contributed by atoms with E-state index in [0.29, 0.717) is 11.6 Å². The fourth-order valence-corrected chi connectivity index (χ4v) is 5.39. The zero-order valence-electron chi connectivity index (χ0n) is 24.5. The van der Waals surface area contributed by atoms with Crippen LogP contribution >= 0.6 is 0 Å². The Balaban J connectivity index is 1.78. The number of esters is 2. The number of phenols is 4. The van der Waals surface area contributed by atoms with Gasteiger partial charge in [-0.3, -0.25) is 0 Å². The summed E-state index contributed by atoms with van der Waals surface area (Å²) >= 11 is 0. The van der Waals surface area contributed by atoms with Gasteiger partial charge in [-0.05, 0) is 54.0 Å². The lowest BCUT2D eigenvalue weighted by Gasteiger charge is -2.52. The molecule has 4 rings (SSSR count). The third-order valence-corrected chi connectivity index (χ3v) is 7.92. The van der Waals surface area contributed by atoms with Gasteiger partial charge in [0, 0.05) is 24.0 Å². The summed E-state index contributed by atoms with van der Waals surface area (Å²) in [5.74, 6) is -8.89. The molecule has 0 saturated heterocycles. The van der Waals surface area contributed by atoms with Crippen LogP contribution in [0.25, 0.3) is 11.8 Å². The quantitative estimate of drug-likeness (QED) is 0.0655. The Morgan fingerprint density at radius 2 is 1.49 bits per heavy atom. The number of carboxylic acids is 1. The minimum Gasteiger partial charge on any atom is -0.507 e. The predicted molar refractivity (Wildman–Crippen MR) is 162 cm³/mol. The average molecular weight is 653 g/mol. The molecule has 5 unspecified atom stereocenters. The number of carbonyl (C=O) groups excluding carboxylic acids is 2. The molecule has 248 valence electrons. The third-order valence-electron chi connectivity index (χ3n) is 7.92. The fraction of sp³-hybridized carbons (Fsp3) is 0.242. The molecular weight excluding hydrogens is 620 g/mol. The van der Waals surface area contributed by atoms with E-state index in [1.54, 1.807) is 30.3 Å². The first kappa shape index (κ1) is 34.3. The number of phenolic OH excluding ortho intramolecular Hbond substituents is 4. The summed E-state index contributed by atoms with van der Waals surface area (Å²) in [6.45, 7) is -1.23. The van der Waals surface area contributed by atoms with Crippen molar-refractivity contribution < 1.29 is 69.8 Å². The second-order valence-electron chi connectivity index (χ2n) is 11.0. The van der Waals surface area contributed by atoms with E-state index < -0.39 is 89.0 Å². The van der Waals surface area contributed by atoms with Crippen molar-refractivity contribution in [1.29, 1.82) is 0 Å². The zero-order chi connectivity index (χ0) is 34.5. The number of aliphatic hydroxyl groups excluding tert-OH is 3. The summed E-state index contributed by atoms with van der Waals surface area (Å²) in [6, 6.07) is 14.8. The molecule has 14 nitrogen and oxygen atoms in total. The van der Waals surface area contributed by atoms with Gasteiger partial charge < -0.3 is 55.4 Å². The molecule has 0 heterocycles. The smallest absolute Gasteiger partial charge is 0.336 e. The van der Waals surface area contributed by atoms with Crippen LogP contribution in [0.5, 0.6) is 23.0 Å². The van der Waals surface area contributed by atoms with Gasteiger partial charge >= 0.3 is 17.9 Å². The number of hydrogen-bond donors (Lipinski definition) is 9. The topological polar surface area (TPSA) is 252 Å². The summed E-state index contributed by atoms with van der Waals surface area (Å²) in [5, 5.41) is 92.5. The van der Waals surface area contributed by atoms with E-state index in [1.807, 2.05) is 0 Å². The molecule has 5 atom stereocenters. The molecular formula is C33H32O14. The predicted octanol–water partition coefficient (Wildman–Crippen LogP) is 1.75. The van der Waals surface area contributed by atoms with Gasteiger partial charge in [0.15, 0.2) is 40.3 Å². The maximum atomic E-state index is 13.2. The van der Waals surface area contributed by atoms with Crippen LogP contribution in [0.1, 0.15) is 23.1 Å². The molecule has 3 aromatic rings. The summed E-state index contributed by atoms with van der Waals surface area (Å²) < 4.78 is 11.1. The van der Waals surface area contributed by atoms with E-state index in [2.05, 4.69) is 0 Å². The second kappa shape index (κ2) is 13.8. The van der Waals surface area contributed by atoms with Crippen LogP contribution in [0, 0.1) is 5.92 Å². The number of carbonyl (C=O) groups is 3. The Morgan fingerprint density at radius 1 is 0.851 bits per heavy atom. The molecule has 1 saturated carbocycles. The van der Waals surface area contributed by atoms with E-state index in [0.717, 1.165) is 42.5 Å². The minimum atomic E-state index is -2.79. The van der Waals surface area contributed by atoms with Gasteiger partial charge in [-0.25, -0.2) is 14.4 Å². The van der Waals surface area contributed by atoms with E-state index in [-0.39, 0.29) is 17.5 Å². The lowest BCUT2D eigenvalue weighted by Crippen LogP contribution is -2.72. The normalized spacial score (nSPS) is 24.5. The molecule has 1 aliphatic rings. The lowest BCUT2D eigenvalue weighted by molar-refractivity contribution is -0.266. The molecule has 0 aromatic heterocycles. The average Bonchev–Trinajstić information content (AvgIpc) is 3.03. The van der Waals surface area contributed by atoms with E-state index >= 15 is 0 Å². The molecule has 0 bridgehead atoms. The molecule has 47 heavy (non-hydrogen) atoms. The van der Waals surface area contributed by atoms with Crippen LogP contribution in [0.3, 0.4) is 0 Å². The van der Waals surface area contributed by atoms with Crippen molar-refractivity contribution in [2.24, 2.45) is 5.92 Å². The number of hydrogen-bond acceptors (Lipinski definition) is 13. The highest BCUT2D eigenvalue weighted by Crippen LogP contribution is 2.46. The summed E-state index contributed by atoms with van der Waals surface area (Å²) in [5.41, 5.74) is -4.83. The van der Waals surface area contributed by atoms with E-state index in [4.69, 9.17) is 9.47 Å². The van der Waals surface area contributed by atoms with Crippen LogP contribution in [0.15, 0.2) is 78.9 Å². The maximum absolute atomic E-state index is 13.2. The monoisotopic (exact) mass is 652 g/mol. The fourth-order valence-electron chi connectivity index (χ4n) is 5.39. The van der Waals surface area contributed by atoms with Gasteiger partial charge in [0.1, 0.15) is 11.9 Å². The first-order chi connectivity index (χ1) is 22.2. The van der Waals surface area contributed by atoms with Gasteiger partial charge in [-0.15, -0.1) is 0 Å². The molecule has 3 aromatic carbocycles. The molecule has 0 spiro atoms. The first-order valence-corrected chi connectivity index (χ1v) is 14.1. The van der Waals surface area contributed by atoms with E-state index in [1.165, 1.54) is 6.07 Å². The van der Waals surface area contributed by atoms with Gasteiger partial charge in [-0.1, -0.05) is 36.4 Å². The summed E-state index contributed by atoms with van der Waals surface area (Å²) in [6.07, 6.45) is -2.96. The highest BCUT2D eigenvalue weighted by atomic mass is 16.6.